The summed E-state index contributed by atoms with van der Waals surface area (Å²) in [6.07, 6.45) is 1.86. The Hall–Kier alpha value is -3.32. The zero-order valence-corrected chi connectivity index (χ0v) is 17.6. The molecule has 4 rings (SSSR count). The van der Waals surface area contributed by atoms with Crippen molar-refractivity contribution in [2.75, 3.05) is 18.6 Å². The van der Waals surface area contributed by atoms with E-state index in [2.05, 4.69) is 4.98 Å². The van der Waals surface area contributed by atoms with Crippen molar-refractivity contribution in [2.45, 2.75) is 19.9 Å². The van der Waals surface area contributed by atoms with E-state index in [0.29, 0.717) is 24.0 Å². The summed E-state index contributed by atoms with van der Waals surface area (Å²) in [5, 5.41) is 0.630. The maximum absolute atomic E-state index is 13.2. The average Bonchev–Trinajstić information content (AvgIpc) is 3.42. The Morgan fingerprint density at radius 3 is 2.63 bits per heavy atom. The van der Waals surface area contributed by atoms with Crippen LogP contribution in [0.3, 0.4) is 0 Å². The number of benzene rings is 2. The molecule has 0 saturated carbocycles. The number of methoxy groups -OCH3 is 1. The number of hydrogen-bond donors (Lipinski definition) is 0. The molecule has 4 aromatic rings. The molecule has 2 aromatic heterocycles. The molecule has 154 valence electrons. The third-order valence-electron chi connectivity index (χ3n) is 4.60. The van der Waals surface area contributed by atoms with Crippen LogP contribution in [0.5, 0.6) is 11.5 Å². The van der Waals surface area contributed by atoms with Gasteiger partial charge >= 0.3 is 0 Å². The van der Waals surface area contributed by atoms with Crippen molar-refractivity contribution in [3.05, 3.63) is 72.2 Å². The minimum Gasteiger partial charge on any atom is -0.497 e. The number of thiazole rings is 1. The van der Waals surface area contributed by atoms with Crippen LogP contribution in [0.2, 0.25) is 0 Å². The van der Waals surface area contributed by atoms with E-state index in [4.69, 9.17) is 13.9 Å². The highest BCUT2D eigenvalue weighted by Crippen LogP contribution is 2.32. The molecule has 0 aliphatic rings. The van der Waals surface area contributed by atoms with E-state index in [-0.39, 0.29) is 12.3 Å². The Morgan fingerprint density at radius 2 is 1.93 bits per heavy atom. The van der Waals surface area contributed by atoms with Crippen molar-refractivity contribution in [1.82, 2.24) is 4.98 Å². The van der Waals surface area contributed by atoms with E-state index >= 15 is 0 Å². The highest BCUT2D eigenvalue weighted by molar-refractivity contribution is 7.22. The van der Waals surface area contributed by atoms with E-state index in [1.54, 1.807) is 18.3 Å². The first kappa shape index (κ1) is 20.0. The number of carbonyl (C=O) groups is 1. The Morgan fingerprint density at radius 1 is 1.13 bits per heavy atom. The average molecular weight is 423 g/mol. The van der Waals surface area contributed by atoms with E-state index in [1.807, 2.05) is 61.5 Å². The summed E-state index contributed by atoms with van der Waals surface area (Å²) in [6, 6.07) is 17.0. The second kappa shape index (κ2) is 9.00. The molecule has 2 aromatic carbocycles. The molecule has 6 nitrogen and oxygen atoms in total. The van der Waals surface area contributed by atoms with E-state index in [1.165, 1.54) is 11.3 Å². The van der Waals surface area contributed by atoms with Crippen molar-refractivity contribution < 1.29 is 18.7 Å². The largest absolute Gasteiger partial charge is 0.497 e. The van der Waals surface area contributed by atoms with Gasteiger partial charge in [-0.25, -0.2) is 4.98 Å². The van der Waals surface area contributed by atoms with Crippen LogP contribution in [-0.2, 0) is 17.8 Å². The summed E-state index contributed by atoms with van der Waals surface area (Å²) in [4.78, 5) is 19.6. The number of ether oxygens (including phenoxy) is 2. The van der Waals surface area contributed by atoms with Gasteiger partial charge in [0.25, 0.3) is 0 Å². The van der Waals surface area contributed by atoms with Gasteiger partial charge in [0.1, 0.15) is 17.3 Å². The lowest BCUT2D eigenvalue weighted by atomic mass is 10.1. The van der Waals surface area contributed by atoms with E-state index in [0.717, 1.165) is 27.3 Å². The quantitative estimate of drug-likeness (QED) is 0.397. The maximum Gasteiger partial charge on any atom is 0.233 e. The van der Waals surface area contributed by atoms with Gasteiger partial charge in [0, 0.05) is 6.07 Å². The summed E-state index contributed by atoms with van der Waals surface area (Å²) < 4.78 is 17.2. The van der Waals surface area contributed by atoms with Crippen molar-refractivity contribution in [3.63, 3.8) is 0 Å². The van der Waals surface area contributed by atoms with Crippen LogP contribution < -0.4 is 14.4 Å². The summed E-state index contributed by atoms with van der Waals surface area (Å²) in [5.74, 6) is 2.17. The van der Waals surface area contributed by atoms with Gasteiger partial charge in [-0.2, -0.15) is 0 Å². The van der Waals surface area contributed by atoms with E-state index < -0.39 is 0 Å². The van der Waals surface area contributed by atoms with Gasteiger partial charge in [-0.3, -0.25) is 9.69 Å². The van der Waals surface area contributed by atoms with Gasteiger partial charge in [-0.1, -0.05) is 23.5 Å². The Bertz CT molecular complexity index is 1120. The molecule has 7 heteroatoms. The third kappa shape index (κ3) is 4.46. The lowest BCUT2D eigenvalue weighted by molar-refractivity contribution is -0.118. The lowest BCUT2D eigenvalue weighted by Crippen LogP contribution is -2.31. The minimum absolute atomic E-state index is 0.0541. The molecule has 0 fully saturated rings. The Labute approximate surface area is 178 Å². The van der Waals surface area contributed by atoms with Crippen molar-refractivity contribution >= 4 is 32.6 Å². The van der Waals surface area contributed by atoms with Gasteiger partial charge in [0.2, 0.25) is 5.91 Å². The standard InChI is InChI=1S/C23H22N2O4S/c1-3-28-17-8-6-16(7-9-17)13-22(26)25(15-19-5-4-12-29-19)23-24-20-14-18(27-2)10-11-21(20)30-23/h4-12,14H,3,13,15H2,1-2H3. The van der Waals surface area contributed by atoms with Gasteiger partial charge in [-0.05, 0) is 48.9 Å². The van der Waals surface area contributed by atoms with Crippen LogP contribution in [0.25, 0.3) is 10.2 Å². The maximum atomic E-state index is 13.2. The highest BCUT2D eigenvalue weighted by Gasteiger charge is 2.22. The first-order chi connectivity index (χ1) is 14.7. The number of carbonyl (C=O) groups excluding carboxylic acids is 1. The number of nitrogens with zero attached hydrogens (tertiary/aromatic N) is 2. The number of amides is 1. The highest BCUT2D eigenvalue weighted by atomic mass is 32.1. The van der Waals surface area contributed by atoms with Crippen LogP contribution in [0.4, 0.5) is 5.13 Å². The van der Waals surface area contributed by atoms with Crippen LogP contribution in [0.1, 0.15) is 18.2 Å². The molecule has 0 atom stereocenters. The summed E-state index contributed by atoms with van der Waals surface area (Å²) in [5.41, 5.74) is 1.71. The summed E-state index contributed by atoms with van der Waals surface area (Å²) in [7, 11) is 1.62. The number of aromatic nitrogens is 1. The van der Waals surface area contributed by atoms with Crippen LogP contribution in [-0.4, -0.2) is 24.6 Å². The number of rotatable bonds is 8. The van der Waals surface area contributed by atoms with Crippen molar-refractivity contribution in [2.24, 2.45) is 0 Å². The first-order valence-corrected chi connectivity index (χ1v) is 10.5. The van der Waals surface area contributed by atoms with Crippen molar-refractivity contribution in [1.29, 1.82) is 0 Å². The smallest absolute Gasteiger partial charge is 0.233 e. The summed E-state index contributed by atoms with van der Waals surface area (Å²) in [6.45, 7) is 2.87. The van der Waals surface area contributed by atoms with Gasteiger partial charge in [-0.15, -0.1) is 0 Å². The molecule has 0 radical (unpaired) electrons. The fourth-order valence-electron chi connectivity index (χ4n) is 3.10. The van der Waals surface area contributed by atoms with Crippen LogP contribution in [0, 0.1) is 0 Å². The van der Waals surface area contributed by atoms with Gasteiger partial charge in [0.05, 0.1) is 43.2 Å². The molecule has 0 spiro atoms. The molecule has 0 bridgehead atoms. The molecule has 0 saturated heterocycles. The first-order valence-electron chi connectivity index (χ1n) is 9.65. The van der Waals surface area contributed by atoms with E-state index in [9.17, 15) is 4.79 Å². The molecule has 1 amide bonds. The fraction of sp³-hybridized carbons (Fsp3) is 0.217. The molecular formula is C23H22N2O4S. The SMILES string of the molecule is CCOc1ccc(CC(=O)N(Cc2ccco2)c2nc3cc(OC)ccc3s2)cc1. The Kier molecular flexibility index (Phi) is 5.99. The molecule has 2 heterocycles. The normalized spacial score (nSPS) is 10.9. The number of hydrogen-bond acceptors (Lipinski definition) is 6. The Balaban J connectivity index is 1.61. The second-order valence-corrected chi connectivity index (χ2v) is 7.65. The predicted octanol–water partition coefficient (Wildman–Crippen LogP) is 5.07. The van der Waals surface area contributed by atoms with Crippen molar-refractivity contribution in [3.8, 4) is 11.5 Å². The zero-order chi connectivity index (χ0) is 20.9. The van der Waals surface area contributed by atoms with Crippen LogP contribution >= 0.6 is 11.3 Å². The number of furan rings is 1. The zero-order valence-electron chi connectivity index (χ0n) is 16.8. The molecule has 0 aliphatic heterocycles. The fourth-order valence-corrected chi connectivity index (χ4v) is 4.06. The topological polar surface area (TPSA) is 64.8 Å². The molecule has 0 aliphatic carbocycles. The predicted molar refractivity (Wildman–Crippen MR) is 117 cm³/mol. The van der Waals surface area contributed by atoms with Gasteiger partial charge < -0.3 is 13.9 Å². The number of fused-ring (bicyclic) bond motifs is 1. The monoisotopic (exact) mass is 422 g/mol. The van der Waals surface area contributed by atoms with Crippen LogP contribution in [0.15, 0.2) is 65.3 Å². The third-order valence-corrected chi connectivity index (χ3v) is 5.66. The minimum atomic E-state index is -0.0541. The number of anilines is 1. The molecule has 30 heavy (non-hydrogen) atoms. The lowest BCUT2D eigenvalue weighted by Gasteiger charge is -2.19. The second-order valence-electron chi connectivity index (χ2n) is 6.64. The molecule has 0 N–H and O–H groups in total. The molecular weight excluding hydrogens is 400 g/mol. The summed E-state index contributed by atoms with van der Waals surface area (Å²) >= 11 is 1.47. The van der Waals surface area contributed by atoms with Gasteiger partial charge in [0.15, 0.2) is 5.13 Å². The molecule has 0 unspecified atom stereocenters.